The number of benzene rings is 1. The van der Waals surface area contributed by atoms with E-state index in [1.165, 1.54) is 12.4 Å². The average molecular weight is 413 g/mol. The number of fused-ring (bicyclic) bond motifs is 1. The van der Waals surface area contributed by atoms with Crippen molar-refractivity contribution in [2.24, 2.45) is 5.10 Å². The van der Waals surface area contributed by atoms with Crippen LogP contribution in [-0.2, 0) is 6.61 Å². The molecule has 0 aliphatic heterocycles. The highest BCUT2D eigenvalue weighted by atomic mass is 16.3. The molecule has 3 heterocycles. The van der Waals surface area contributed by atoms with Gasteiger partial charge in [-0.1, -0.05) is 24.3 Å². The van der Waals surface area contributed by atoms with Crippen molar-refractivity contribution in [3.8, 4) is 17.1 Å². The Morgan fingerprint density at radius 1 is 1.13 bits per heavy atom. The van der Waals surface area contributed by atoms with Crippen LogP contribution in [0, 0.1) is 6.92 Å². The van der Waals surface area contributed by atoms with Gasteiger partial charge >= 0.3 is 0 Å². The minimum absolute atomic E-state index is 0.101. The lowest BCUT2D eigenvalue weighted by Gasteiger charge is -2.09. The second-order valence-electron chi connectivity index (χ2n) is 6.78. The van der Waals surface area contributed by atoms with Crippen LogP contribution in [0.25, 0.3) is 22.3 Å². The molecule has 1 amide bonds. The summed E-state index contributed by atoms with van der Waals surface area (Å²) in [6, 6.07) is 14.5. The minimum atomic E-state index is -0.442. The number of aliphatic hydroxyl groups excluding tert-OH is 1. The fraction of sp³-hybridized carbons (Fsp3) is 0.0870. The van der Waals surface area contributed by atoms with E-state index in [2.05, 4.69) is 25.5 Å². The number of carbonyl (C=O) groups is 1. The predicted octanol–water partition coefficient (Wildman–Crippen LogP) is 2.96. The highest BCUT2D eigenvalue weighted by molar-refractivity contribution is 6.07. The number of hydrazone groups is 1. The zero-order valence-corrected chi connectivity index (χ0v) is 16.6. The molecule has 4 rings (SSSR count). The van der Waals surface area contributed by atoms with E-state index in [0.29, 0.717) is 44.7 Å². The van der Waals surface area contributed by atoms with E-state index in [-0.39, 0.29) is 12.4 Å². The molecule has 8 nitrogen and oxygen atoms in total. The molecule has 0 radical (unpaired) electrons. The molecule has 1 aromatic carbocycles. The number of aromatic hydroxyl groups is 1. The molecule has 31 heavy (non-hydrogen) atoms. The van der Waals surface area contributed by atoms with Gasteiger partial charge in [0.2, 0.25) is 0 Å². The maximum atomic E-state index is 12.9. The number of rotatable bonds is 5. The van der Waals surface area contributed by atoms with Crippen molar-refractivity contribution in [2.75, 3.05) is 0 Å². The van der Waals surface area contributed by atoms with E-state index in [1.54, 1.807) is 19.2 Å². The first-order valence-electron chi connectivity index (χ1n) is 9.51. The normalized spacial score (nSPS) is 11.2. The molecule has 154 valence electrons. The maximum absolute atomic E-state index is 12.9. The van der Waals surface area contributed by atoms with E-state index in [9.17, 15) is 15.0 Å². The Bertz CT molecular complexity index is 1290. The Morgan fingerprint density at radius 2 is 1.94 bits per heavy atom. The van der Waals surface area contributed by atoms with Crippen LogP contribution in [0.15, 0.2) is 66.0 Å². The van der Waals surface area contributed by atoms with Gasteiger partial charge in [-0.3, -0.25) is 14.8 Å². The summed E-state index contributed by atoms with van der Waals surface area (Å²) < 4.78 is 0. The first-order valence-corrected chi connectivity index (χ1v) is 9.51. The van der Waals surface area contributed by atoms with Crippen LogP contribution in [0.3, 0.4) is 0 Å². The molecule has 8 heteroatoms. The number of hydrogen-bond donors (Lipinski definition) is 3. The number of aryl methyl sites for hydroxylation is 1. The highest BCUT2D eigenvalue weighted by Crippen LogP contribution is 2.24. The first-order chi connectivity index (χ1) is 15.1. The zero-order valence-electron chi connectivity index (χ0n) is 16.6. The van der Waals surface area contributed by atoms with E-state index in [1.807, 2.05) is 42.5 Å². The molecule has 0 aliphatic carbocycles. The molecule has 3 N–H and O–H groups in total. The van der Waals surface area contributed by atoms with Gasteiger partial charge in [0.25, 0.3) is 5.91 Å². The Kier molecular flexibility index (Phi) is 5.63. The topological polar surface area (TPSA) is 121 Å². The monoisotopic (exact) mass is 413 g/mol. The Balaban J connectivity index is 1.69. The van der Waals surface area contributed by atoms with Gasteiger partial charge in [-0.25, -0.2) is 10.4 Å². The van der Waals surface area contributed by atoms with Gasteiger partial charge in [0, 0.05) is 28.9 Å². The van der Waals surface area contributed by atoms with Gasteiger partial charge in [-0.2, -0.15) is 5.10 Å². The number of nitrogens with zero attached hydrogens (tertiary/aromatic N) is 4. The summed E-state index contributed by atoms with van der Waals surface area (Å²) in [6.07, 6.45) is 4.41. The third-order valence-electron chi connectivity index (χ3n) is 4.78. The summed E-state index contributed by atoms with van der Waals surface area (Å²) in [6.45, 7) is 1.31. The van der Waals surface area contributed by atoms with Crippen molar-refractivity contribution < 1.29 is 15.0 Å². The molecule has 0 spiro atoms. The third kappa shape index (κ3) is 4.10. The van der Waals surface area contributed by atoms with Crippen LogP contribution in [0.5, 0.6) is 5.75 Å². The fourth-order valence-corrected chi connectivity index (χ4v) is 3.15. The van der Waals surface area contributed by atoms with E-state index in [4.69, 9.17) is 0 Å². The zero-order chi connectivity index (χ0) is 21.8. The van der Waals surface area contributed by atoms with Gasteiger partial charge in [0.1, 0.15) is 5.75 Å². The Morgan fingerprint density at radius 3 is 2.71 bits per heavy atom. The third-order valence-corrected chi connectivity index (χ3v) is 4.78. The maximum Gasteiger partial charge on any atom is 0.272 e. The summed E-state index contributed by atoms with van der Waals surface area (Å²) in [5.74, 6) is -0.542. The van der Waals surface area contributed by atoms with Crippen molar-refractivity contribution >= 4 is 23.0 Å². The number of pyridine rings is 3. The predicted molar refractivity (Wildman–Crippen MR) is 117 cm³/mol. The molecule has 4 aromatic rings. The Hall–Kier alpha value is -4.17. The van der Waals surface area contributed by atoms with Crippen LogP contribution in [0.4, 0.5) is 0 Å². The summed E-state index contributed by atoms with van der Waals surface area (Å²) >= 11 is 0. The molecule has 0 aliphatic rings. The Labute approximate surface area is 178 Å². The van der Waals surface area contributed by atoms with Gasteiger partial charge < -0.3 is 10.2 Å². The van der Waals surface area contributed by atoms with Crippen molar-refractivity contribution in [3.05, 3.63) is 83.3 Å². The summed E-state index contributed by atoms with van der Waals surface area (Å²) in [5.41, 5.74) is 5.83. The smallest absolute Gasteiger partial charge is 0.272 e. The lowest BCUT2D eigenvalue weighted by Crippen LogP contribution is -2.18. The first kappa shape index (κ1) is 20.1. The summed E-state index contributed by atoms with van der Waals surface area (Å²) in [5, 5.41) is 24.3. The molecule has 0 unspecified atom stereocenters. The number of para-hydroxylation sites is 1. The molecule has 0 atom stereocenters. The number of amides is 1. The lowest BCUT2D eigenvalue weighted by molar-refractivity contribution is 0.0956. The van der Waals surface area contributed by atoms with Crippen molar-refractivity contribution in [1.29, 1.82) is 0 Å². The van der Waals surface area contributed by atoms with Gasteiger partial charge in [0.15, 0.2) is 0 Å². The van der Waals surface area contributed by atoms with E-state index in [0.717, 1.165) is 0 Å². The number of carbonyl (C=O) groups excluding carboxylic acids is 1. The van der Waals surface area contributed by atoms with Crippen LogP contribution in [-0.4, -0.2) is 37.3 Å². The molecule has 0 saturated carbocycles. The number of aliphatic hydroxyl groups is 1. The molecule has 0 saturated heterocycles. The van der Waals surface area contributed by atoms with Crippen molar-refractivity contribution in [3.63, 3.8) is 0 Å². The second kappa shape index (κ2) is 8.68. The molecular formula is C23H19N5O3. The lowest BCUT2D eigenvalue weighted by atomic mass is 10.1. The molecule has 0 bridgehead atoms. The van der Waals surface area contributed by atoms with Gasteiger partial charge in [0.05, 0.1) is 41.0 Å². The van der Waals surface area contributed by atoms with Gasteiger partial charge in [-0.15, -0.1) is 0 Å². The van der Waals surface area contributed by atoms with Crippen molar-refractivity contribution in [2.45, 2.75) is 13.5 Å². The van der Waals surface area contributed by atoms with E-state index < -0.39 is 5.91 Å². The van der Waals surface area contributed by atoms with Crippen LogP contribution in [0.2, 0.25) is 0 Å². The molecular weight excluding hydrogens is 394 g/mol. The number of hydrogen-bond acceptors (Lipinski definition) is 7. The summed E-state index contributed by atoms with van der Waals surface area (Å²) in [4.78, 5) is 25.9. The van der Waals surface area contributed by atoms with E-state index >= 15 is 0 Å². The number of nitrogens with one attached hydrogen (secondary N) is 1. The van der Waals surface area contributed by atoms with Crippen LogP contribution >= 0.6 is 0 Å². The largest absolute Gasteiger partial charge is 0.505 e. The summed E-state index contributed by atoms with van der Waals surface area (Å²) in [7, 11) is 0. The number of aromatic nitrogens is 3. The molecule has 3 aromatic heterocycles. The SMILES string of the molecule is Cc1ncc(CO)c(/C=N/NC(=O)c2cc(-c3ccccn3)nc3ccccc23)c1O. The minimum Gasteiger partial charge on any atom is -0.505 e. The fourth-order valence-electron chi connectivity index (χ4n) is 3.15. The van der Waals surface area contributed by atoms with Crippen LogP contribution < -0.4 is 5.43 Å². The average Bonchev–Trinajstić information content (AvgIpc) is 2.81. The quantitative estimate of drug-likeness (QED) is 0.342. The standard InChI is InChI=1S/C23H19N5O3/c1-14-22(30)18(15(13-29)11-25-14)12-26-28-23(31)17-10-21(20-8-4-5-9-24-20)27-19-7-3-2-6-16(17)19/h2-12,29-30H,13H2,1H3,(H,28,31)/b26-12+. The van der Waals surface area contributed by atoms with Crippen molar-refractivity contribution in [1.82, 2.24) is 20.4 Å². The second-order valence-corrected chi connectivity index (χ2v) is 6.78. The van der Waals surface area contributed by atoms with Crippen LogP contribution in [0.1, 0.15) is 27.2 Å². The van der Waals surface area contributed by atoms with Gasteiger partial charge in [-0.05, 0) is 31.2 Å². The molecule has 0 fully saturated rings. The highest BCUT2D eigenvalue weighted by Gasteiger charge is 2.14.